The summed E-state index contributed by atoms with van der Waals surface area (Å²) in [7, 11) is 0. The molecule has 1 aliphatic rings. The van der Waals surface area contributed by atoms with Crippen LogP contribution < -0.4 is 14.5 Å². The van der Waals surface area contributed by atoms with Crippen molar-refractivity contribution in [3.05, 3.63) is 78.5 Å². The Balaban J connectivity index is 1.47. The van der Waals surface area contributed by atoms with Crippen LogP contribution in [0.1, 0.15) is 25.1 Å². The Bertz CT molecular complexity index is 1440. The smallest absolute Gasteiger partial charge is 0.262 e. The van der Waals surface area contributed by atoms with E-state index in [1.807, 2.05) is 56.0 Å². The van der Waals surface area contributed by atoms with Crippen LogP contribution in [0.15, 0.2) is 67.3 Å². The van der Waals surface area contributed by atoms with Crippen LogP contribution >= 0.6 is 0 Å². The van der Waals surface area contributed by atoms with Crippen molar-refractivity contribution in [1.82, 2.24) is 20.3 Å². The van der Waals surface area contributed by atoms with Crippen LogP contribution in [0, 0.1) is 12.8 Å². The van der Waals surface area contributed by atoms with Gasteiger partial charge in [-0.1, -0.05) is 38.1 Å². The molecule has 230 valence electrons. The van der Waals surface area contributed by atoms with Gasteiger partial charge in [0.1, 0.15) is 18.4 Å². The lowest BCUT2D eigenvalue weighted by Crippen LogP contribution is -2.59. The van der Waals surface area contributed by atoms with E-state index >= 15 is 0 Å². The van der Waals surface area contributed by atoms with Gasteiger partial charge in [0.2, 0.25) is 5.91 Å². The molecule has 0 spiro atoms. The topological polar surface area (TPSA) is 125 Å². The molecule has 0 radical (unpaired) electrons. The van der Waals surface area contributed by atoms with E-state index in [2.05, 4.69) is 17.0 Å². The standard InChI is InChI=1S/C31H39N5O6S/c1-5-18-42-33-30(37)29(34-14-16-35(17-15-34)31(38)22(2)3)20-36(43(39)40)25-10-12-26(13-11-25)41-21-24-19-23(4)32-28-9-7-6-8-27(24)28/h5-13,19,22,29H,1,14-18,20-21H2,2-4H3,(H,33,37)(H,39,40)/t29-/m0/s1. The maximum atomic E-state index is 13.2. The van der Waals surface area contributed by atoms with Crippen LogP contribution in [-0.4, -0.2) is 80.7 Å². The second kappa shape index (κ2) is 15.1. The molecule has 2 aromatic carbocycles. The van der Waals surface area contributed by atoms with Crippen molar-refractivity contribution in [1.29, 1.82) is 0 Å². The summed E-state index contributed by atoms with van der Waals surface area (Å²) in [6, 6.07) is 15.9. The molecule has 2 N–H and O–H groups in total. The van der Waals surface area contributed by atoms with E-state index in [-0.39, 0.29) is 25.0 Å². The van der Waals surface area contributed by atoms with Gasteiger partial charge in [0.25, 0.3) is 17.2 Å². The molecule has 1 unspecified atom stereocenters. The number of rotatable bonds is 13. The first-order valence-electron chi connectivity index (χ1n) is 14.2. The van der Waals surface area contributed by atoms with Crippen LogP contribution in [0.5, 0.6) is 5.75 Å². The molecule has 2 amide bonds. The number of hydroxylamine groups is 1. The summed E-state index contributed by atoms with van der Waals surface area (Å²) in [6.45, 7) is 11.4. The predicted octanol–water partition coefficient (Wildman–Crippen LogP) is 3.47. The third kappa shape index (κ3) is 8.38. The zero-order valence-electron chi connectivity index (χ0n) is 24.8. The number of amides is 2. The predicted molar refractivity (Wildman–Crippen MR) is 166 cm³/mol. The molecule has 43 heavy (non-hydrogen) atoms. The van der Waals surface area contributed by atoms with Gasteiger partial charge in [-0.25, -0.2) is 9.69 Å². The number of fused-ring (bicyclic) bond motifs is 1. The fourth-order valence-electron chi connectivity index (χ4n) is 5.02. The summed E-state index contributed by atoms with van der Waals surface area (Å²) in [5, 5.41) is 1.02. The Morgan fingerprint density at radius 3 is 2.49 bits per heavy atom. The number of para-hydroxylation sites is 1. The average Bonchev–Trinajstić information content (AvgIpc) is 3.00. The van der Waals surface area contributed by atoms with Gasteiger partial charge in [-0.3, -0.25) is 33.2 Å². The van der Waals surface area contributed by atoms with Crippen molar-refractivity contribution in [3.8, 4) is 5.75 Å². The van der Waals surface area contributed by atoms with Crippen molar-refractivity contribution in [2.75, 3.05) is 43.6 Å². The largest absolute Gasteiger partial charge is 0.489 e. The van der Waals surface area contributed by atoms with Crippen molar-refractivity contribution >= 4 is 39.7 Å². The van der Waals surface area contributed by atoms with Gasteiger partial charge in [-0.05, 0) is 43.3 Å². The van der Waals surface area contributed by atoms with Crippen LogP contribution in [0.2, 0.25) is 0 Å². The van der Waals surface area contributed by atoms with E-state index in [1.165, 1.54) is 10.4 Å². The first-order chi connectivity index (χ1) is 20.7. The molecule has 4 rings (SSSR count). The molecule has 0 saturated carbocycles. The summed E-state index contributed by atoms with van der Waals surface area (Å²) in [5.41, 5.74) is 5.67. The van der Waals surface area contributed by atoms with E-state index in [0.717, 1.165) is 22.2 Å². The Morgan fingerprint density at radius 1 is 1.14 bits per heavy atom. The minimum atomic E-state index is -2.42. The molecule has 2 heterocycles. The highest BCUT2D eigenvalue weighted by Gasteiger charge is 2.34. The molecular formula is C31H39N5O6S. The molecule has 1 aromatic heterocycles. The molecular weight excluding hydrogens is 570 g/mol. The highest BCUT2D eigenvalue weighted by molar-refractivity contribution is 7.80. The Morgan fingerprint density at radius 2 is 1.84 bits per heavy atom. The molecule has 12 heteroatoms. The third-order valence-corrected chi connectivity index (χ3v) is 7.95. The molecule has 1 fully saturated rings. The van der Waals surface area contributed by atoms with Crippen LogP contribution in [0.25, 0.3) is 10.9 Å². The number of ether oxygens (including phenoxy) is 1. The second-order valence-corrected chi connectivity index (χ2v) is 11.5. The minimum Gasteiger partial charge on any atom is -0.489 e. The number of hydrogen-bond acceptors (Lipinski definition) is 7. The highest BCUT2D eigenvalue weighted by Crippen LogP contribution is 2.25. The third-order valence-electron chi connectivity index (χ3n) is 7.21. The fourth-order valence-corrected chi connectivity index (χ4v) is 5.59. The number of benzene rings is 2. The average molecular weight is 610 g/mol. The van der Waals surface area contributed by atoms with Crippen molar-refractivity contribution in [2.24, 2.45) is 5.92 Å². The monoisotopic (exact) mass is 609 g/mol. The van der Waals surface area contributed by atoms with Crippen molar-refractivity contribution < 1.29 is 27.9 Å². The first kappa shape index (κ1) is 32.1. The van der Waals surface area contributed by atoms with E-state index < -0.39 is 23.2 Å². The van der Waals surface area contributed by atoms with E-state index in [0.29, 0.717) is 44.2 Å². The van der Waals surface area contributed by atoms with Gasteiger partial charge >= 0.3 is 0 Å². The van der Waals surface area contributed by atoms with Gasteiger partial charge in [-0.2, -0.15) is 0 Å². The zero-order valence-corrected chi connectivity index (χ0v) is 25.6. The molecule has 1 saturated heterocycles. The number of carbonyl (C=O) groups is 2. The maximum absolute atomic E-state index is 13.2. The van der Waals surface area contributed by atoms with Gasteiger partial charge in [0.15, 0.2) is 0 Å². The number of nitrogens with one attached hydrogen (secondary N) is 1. The minimum absolute atomic E-state index is 0.0580. The number of aromatic nitrogens is 1. The normalized spacial score (nSPS) is 15.2. The summed E-state index contributed by atoms with van der Waals surface area (Å²) in [5.74, 6) is 0.0674. The summed E-state index contributed by atoms with van der Waals surface area (Å²) in [4.78, 5) is 39.1. The number of nitrogens with zero attached hydrogens (tertiary/aromatic N) is 4. The van der Waals surface area contributed by atoms with Gasteiger partial charge in [0.05, 0.1) is 24.4 Å². The maximum Gasteiger partial charge on any atom is 0.262 e. The number of carbonyl (C=O) groups excluding carboxylic acids is 2. The number of aryl methyl sites for hydroxylation is 1. The Kier molecular flexibility index (Phi) is 11.2. The summed E-state index contributed by atoms with van der Waals surface area (Å²) in [6.07, 6.45) is 1.50. The number of piperazine rings is 1. The van der Waals surface area contributed by atoms with E-state index in [1.54, 1.807) is 29.2 Å². The molecule has 1 aliphatic heterocycles. The fraction of sp³-hybridized carbons (Fsp3) is 0.387. The van der Waals surface area contributed by atoms with Gasteiger partial charge in [0, 0.05) is 48.7 Å². The van der Waals surface area contributed by atoms with Crippen LogP contribution in [0.3, 0.4) is 0 Å². The Labute approximate surface area is 254 Å². The van der Waals surface area contributed by atoms with Crippen LogP contribution in [-0.2, 0) is 32.3 Å². The van der Waals surface area contributed by atoms with Gasteiger partial charge < -0.3 is 9.64 Å². The van der Waals surface area contributed by atoms with E-state index in [9.17, 15) is 18.4 Å². The molecule has 3 aromatic rings. The molecule has 2 atom stereocenters. The zero-order chi connectivity index (χ0) is 30.9. The van der Waals surface area contributed by atoms with Crippen molar-refractivity contribution in [3.63, 3.8) is 0 Å². The second-order valence-electron chi connectivity index (χ2n) is 10.6. The molecule has 0 aliphatic carbocycles. The SMILES string of the molecule is C=CCONC(=O)[C@H](CN(c1ccc(OCc2cc(C)nc3ccccc23)cc1)S(=O)O)N1CCN(C(=O)C(C)C)CC1. The number of anilines is 1. The number of pyridine rings is 1. The van der Waals surface area contributed by atoms with Crippen molar-refractivity contribution in [2.45, 2.75) is 33.4 Å². The number of hydrogen-bond donors (Lipinski definition) is 2. The highest BCUT2D eigenvalue weighted by atomic mass is 32.2. The van der Waals surface area contributed by atoms with Crippen LogP contribution in [0.4, 0.5) is 5.69 Å². The molecule has 0 bridgehead atoms. The lowest BCUT2D eigenvalue weighted by atomic mass is 10.1. The summed E-state index contributed by atoms with van der Waals surface area (Å²) < 4.78 is 30.1. The first-order valence-corrected chi connectivity index (χ1v) is 15.3. The van der Waals surface area contributed by atoms with Gasteiger partial charge in [-0.15, -0.1) is 6.58 Å². The lowest BCUT2D eigenvalue weighted by molar-refractivity contribution is -0.141. The quantitative estimate of drug-likeness (QED) is 0.131. The molecule has 11 nitrogen and oxygen atoms in total. The van der Waals surface area contributed by atoms with E-state index in [4.69, 9.17) is 9.57 Å². The Hall–Kier alpha value is -3.84. The summed E-state index contributed by atoms with van der Waals surface area (Å²) >= 11 is -2.42. The lowest BCUT2D eigenvalue weighted by Gasteiger charge is -2.40.